The Balaban J connectivity index is 0.920. The lowest BCUT2D eigenvalue weighted by Gasteiger charge is -2.20. The lowest BCUT2D eigenvalue weighted by Crippen LogP contribution is -2.49. The molecule has 0 bridgehead atoms. The second-order valence-electron chi connectivity index (χ2n) is 19.6. The summed E-state index contributed by atoms with van der Waals surface area (Å²) in [4.78, 5) is 0. The average Bonchev–Trinajstić information content (AvgIpc) is 4.02. The van der Waals surface area contributed by atoms with Crippen LogP contribution in [-0.4, -0.2) is 12.6 Å². The second-order valence-corrected chi connectivity index (χ2v) is 23.9. The third kappa shape index (κ3) is 5.59. The van der Waals surface area contributed by atoms with Gasteiger partial charge >= 0.3 is 0 Å². The minimum atomic E-state index is -2.14. The van der Waals surface area contributed by atoms with Crippen molar-refractivity contribution in [1.82, 2.24) is 4.57 Å². The molecule has 2 nitrogen and oxygen atoms in total. The van der Waals surface area contributed by atoms with Gasteiger partial charge in [0.1, 0.15) is 19.2 Å². The zero-order valence-electron chi connectivity index (χ0n) is 38.2. The van der Waals surface area contributed by atoms with Crippen LogP contribution in [0.15, 0.2) is 229 Å². The number of hydrogen-bond acceptors (Lipinski definition) is 1. The maximum absolute atomic E-state index is 6.20. The van der Waals surface area contributed by atoms with Gasteiger partial charge in [0.2, 0.25) is 0 Å². The predicted molar refractivity (Wildman–Crippen MR) is 297 cm³/mol. The third-order valence-corrected chi connectivity index (χ3v) is 19.1. The van der Waals surface area contributed by atoms with Crippen molar-refractivity contribution >= 4 is 105 Å². The van der Waals surface area contributed by atoms with E-state index in [1.54, 1.807) is 0 Å². The fraction of sp³-hybridized carbons (Fsp3) is 0.0303. The minimum Gasteiger partial charge on any atom is -0.456 e. The fourth-order valence-electron chi connectivity index (χ4n) is 12.2. The van der Waals surface area contributed by atoms with Crippen LogP contribution in [0.2, 0.25) is 13.1 Å². The molecule has 0 N–H and O–H groups in total. The Bertz CT molecular complexity index is 4350. The summed E-state index contributed by atoms with van der Waals surface area (Å²) in [5.74, 6) is 0. The van der Waals surface area contributed by atoms with Gasteiger partial charge in [-0.1, -0.05) is 171 Å². The van der Waals surface area contributed by atoms with E-state index in [1.807, 2.05) is 6.07 Å². The molecule has 0 unspecified atom stereocenters. The van der Waals surface area contributed by atoms with Crippen LogP contribution in [0.25, 0.3) is 137 Å². The van der Waals surface area contributed by atoms with Gasteiger partial charge in [-0.3, -0.25) is 0 Å². The maximum atomic E-state index is 6.20. The summed E-state index contributed by atoms with van der Waals surface area (Å²) in [6, 6.07) is 83.9. The van der Waals surface area contributed by atoms with Crippen LogP contribution in [0.4, 0.5) is 0 Å². The Morgan fingerprint density at radius 1 is 0.304 bits per heavy atom. The smallest absolute Gasteiger partial charge is 0.135 e. The second kappa shape index (κ2) is 14.3. The summed E-state index contributed by atoms with van der Waals surface area (Å²) in [5, 5.41) is 18.0. The van der Waals surface area contributed by atoms with Gasteiger partial charge in [0.15, 0.2) is 0 Å². The van der Waals surface area contributed by atoms with Gasteiger partial charge in [-0.15, -0.1) is 0 Å². The Morgan fingerprint density at radius 3 is 1.38 bits per heavy atom. The highest BCUT2D eigenvalue weighted by Gasteiger charge is 2.38. The Hall–Kier alpha value is -8.50. The van der Waals surface area contributed by atoms with Crippen molar-refractivity contribution < 1.29 is 4.42 Å². The molecule has 3 heterocycles. The van der Waals surface area contributed by atoms with Crippen LogP contribution >= 0.6 is 0 Å². The number of nitrogens with zero attached hydrogens (tertiary/aromatic N) is 1. The van der Waals surface area contributed by atoms with Gasteiger partial charge in [-0.25, -0.2) is 0 Å². The fourth-order valence-corrected chi connectivity index (χ4v) is 15.3. The molecule has 0 spiro atoms. The molecule has 0 saturated heterocycles. The van der Waals surface area contributed by atoms with Gasteiger partial charge in [0, 0.05) is 27.2 Å². The summed E-state index contributed by atoms with van der Waals surface area (Å²) in [6.45, 7) is 5.06. The molecule has 0 fully saturated rings. The van der Waals surface area contributed by atoms with E-state index >= 15 is 0 Å². The van der Waals surface area contributed by atoms with Crippen molar-refractivity contribution in [2.75, 3.05) is 0 Å². The molecule has 3 heteroatoms. The van der Waals surface area contributed by atoms with E-state index in [-0.39, 0.29) is 0 Å². The first-order valence-corrected chi connectivity index (χ1v) is 27.1. The summed E-state index contributed by atoms with van der Waals surface area (Å²) in [5.41, 5.74) is 15.6. The van der Waals surface area contributed by atoms with E-state index in [0.29, 0.717) is 0 Å². The molecule has 0 aliphatic carbocycles. The third-order valence-electron chi connectivity index (χ3n) is 15.6. The quantitative estimate of drug-likeness (QED) is 0.127. The van der Waals surface area contributed by atoms with E-state index in [4.69, 9.17) is 4.42 Å². The molecule has 1 aliphatic heterocycles. The first-order chi connectivity index (χ1) is 33.9. The van der Waals surface area contributed by atoms with Gasteiger partial charge in [0.25, 0.3) is 0 Å². The van der Waals surface area contributed by atoms with Crippen LogP contribution in [0.1, 0.15) is 0 Å². The molecular formula is C66H43NOSi. The highest BCUT2D eigenvalue weighted by atomic mass is 28.3. The first kappa shape index (κ1) is 38.6. The van der Waals surface area contributed by atoms with Gasteiger partial charge in [-0.2, -0.15) is 0 Å². The van der Waals surface area contributed by atoms with Crippen molar-refractivity contribution in [3.05, 3.63) is 224 Å². The molecule has 2 aromatic heterocycles. The first-order valence-electron chi connectivity index (χ1n) is 24.1. The van der Waals surface area contributed by atoms with E-state index in [2.05, 4.69) is 236 Å². The topological polar surface area (TPSA) is 18.1 Å². The Kier molecular flexibility index (Phi) is 7.97. The molecule has 0 amide bonds. The number of fused-ring (bicyclic) bond motifs is 15. The standard InChI is InChI=1S/C66H43NOSi/c1-69(2)65-38-41(40-26-32-64-60(33-40)53-21-11-12-22-63(53)68-64)23-28-54(65)55-29-27-46(39-66(55)69)67-61-30-24-44(56-34-42-13-3-5-15-47(42)49-17-7-9-19-51(49)56)36-58(61)59-37-45(25-31-62(59)67)57-35-43-14-4-6-16-48(43)50-18-8-10-20-52(50)57/h3-39H,1-2H3. The van der Waals surface area contributed by atoms with Gasteiger partial charge < -0.3 is 8.98 Å². The van der Waals surface area contributed by atoms with Crippen LogP contribution in [0, 0.1) is 0 Å². The number of aromatic nitrogens is 1. The summed E-state index contributed by atoms with van der Waals surface area (Å²) < 4.78 is 8.73. The number of hydrogen-bond donors (Lipinski definition) is 0. The molecule has 15 rings (SSSR count). The van der Waals surface area contributed by atoms with Crippen molar-refractivity contribution in [2.45, 2.75) is 13.1 Å². The number of para-hydroxylation sites is 1. The zero-order valence-corrected chi connectivity index (χ0v) is 39.2. The largest absolute Gasteiger partial charge is 0.456 e. The van der Waals surface area contributed by atoms with Crippen molar-refractivity contribution in [1.29, 1.82) is 0 Å². The Labute approximate surface area is 399 Å². The molecule has 0 radical (unpaired) electrons. The molecule has 69 heavy (non-hydrogen) atoms. The lowest BCUT2D eigenvalue weighted by atomic mass is 9.92. The summed E-state index contributed by atoms with van der Waals surface area (Å²) in [6.07, 6.45) is 0. The van der Waals surface area contributed by atoms with Crippen molar-refractivity contribution in [2.24, 2.45) is 0 Å². The van der Waals surface area contributed by atoms with E-state index in [9.17, 15) is 0 Å². The van der Waals surface area contributed by atoms with E-state index < -0.39 is 8.07 Å². The van der Waals surface area contributed by atoms with Crippen molar-refractivity contribution in [3.63, 3.8) is 0 Å². The number of benzene rings is 12. The number of rotatable bonds is 4. The predicted octanol–water partition coefficient (Wildman–Crippen LogP) is 17.1. The molecular weight excluding hydrogens is 851 g/mol. The highest BCUT2D eigenvalue weighted by Crippen LogP contribution is 2.43. The van der Waals surface area contributed by atoms with Gasteiger partial charge in [0.05, 0.1) is 11.0 Å². The lowest BCUT2D eigenvalue weighted by molar-refractivity contribution is 0.669. The van der Waals surface area contributed by atoms with Crippen molar-refractivity contribution in [3.8, 4) is 50.2 Å². The average molecular weight is 894 g/mol. The molecule has 0 saturated carbocycles. The monoisotopic (exact) mass is 893 g/mol. The van der Waals surface area contributed by atoms with Crippen LogP contribution in [0.5, 0.6) is 0 Å². The summed E-state index contributed by atoms with van der Waals surface area (Å²) in [7, 11) is -2.14. The normalized spacial score (nSPS) is 13.2. The summed E-state index contributed by atoms with van der Waals surface area (Å²) >= 11 is 0. The number of furan rings is 1. The SMILES string of the molecule is C[Si]1(C)c2cc(-c3ccc4oc5ccccc5c4c3)ccc2-c2ccc(-n3c4ccc(-c5cc6ccccc6c6ccccc56)cc4c4cc(-c5cc6ccccc6c6ccccc56)ccc43)cc21. The van der Waals surface area contributed by atoms with Crippen LogP contribution in [0.3, 0.4) is 0 Å². The molecule has 1 aliphatic rings. The van der Waals surface area contributed by atoms with Crippen LogP contribution < -0.4 is 10.4 Å². The maximum Gasteiger partial charge on any atom is 0.135 e. The zero-order chi connectivity index (χ0) is 45.5. The molecule has 0 atom stereocenters. The Morgan fingerprint density at radius 2 is 0.754 bits per heavy atom. The molecule has 12 aromatic carbocycles. The minimum absolute atomic E-state index is 0.928. The molecule has 322 valence electrons. The molecule has 14 aromatic rings. The highest BCUT2D eigenvalue weighted by molar-refractivity contribution is 7.03. The van der Waals surface area contributed by atoms with E-state index in [0.717, 1.165) is 21.9 Å². The van der Waals surface area contributed by atoms with E-state index in [1.165, 1.54) is 125 Å². The van der Waals surface area contributed by atoms with Gasteiger partial charge in [-0.05, 0) is 165 Å². The van der Waals surface area contributed by atoms with Crippen LogP contribution in [-0.2, 0) is 0 Å².